The van der Waals surface area contributed by atoms with Crippen LogP contribution in [0.1, 0.15) is 0 Å². The van der Waals surface area contributed by atoms with Crippen molar-refractivity contribution in [2.75, 3.05) is 0 Å². The van der Waals surface area contributed by atoms with E-state index >= 15 is 0 Å². The van der Waals surface area contributed by atoms with Gasteiger partial charge in [-0.05, 0) is 29.0 Å². The van der Waals surface area contributed by atoms with E-state index in [2.05, 4.69) is 18.2 Å². The highest BCUT2D eigenvalue weighted by Gasteiger charge is 2.13. The van der Waals surface area contributed by atoms with Gasteiger partial charge in [0.2, 0.25) is 0 Å². The van der Waals surface area contributed by atoms with Crippen molar-refractivity contribution in [1.82, 2.24) is 4.40 Å². The molecule has 0 fully saturated rings. The van der Waals surface area contributed by atoms with Crippen LogP contribution in [0.15, 0.2) is 75.9 Å². The van der Waals surface area contributed by atoms with Gasteiger partial charge < -0.3 is 4.42 Å². The minimum atomic E-state index is -0.348. The summed E-state index contributed by atoms with van der Waals surface area (Å²) in [6, 6.07) is 21.9. The summed E-state index contributed by atoms with van der Waals surface area (Å²) in [5, 5.41) is 4.25. The molecule has 3 aromatic carbocycles. The van der Waals surface area contributed by atoms with E-state index in [4.69, 9.17) is 4.42 Å². The molecular weight excluding hydrogens is 274 g/mol. The highest BCUT2D eigenvalue weighted by molar-refractivity contribution is 6.14. The Balaban J connectivity index is 2.20. The molecule has 0 unspecified atom stereocenters. The molecule has 0 aliphatic rings. The molecule has 0 spiro atoms. The average Bonchev–Trinajstić information content (AvgIpc) is 2.94. The fourth-order valence-electron chi connectivity index (χ4n) is 3.28. The van der Waals surface area contributed by atoms with Crippen molar-refractivity contribution in [3.63, 3.8) is 0 Å². The van der Waals surface area contributed by atoms with E-state index in [9.17, 15) is 4.79 Å². The first kappa shape index (κ1) is 11.6. The zero-order valence-electron chi connectivity index (χ0n) is 11.6. The first-order valence-corrected chi connectivity index (χ1v) is 7.18. The Bertz CT molecular complexity index is 1240. The summed E-state index contributed by atoms with van der Waals surface area (Å²) in [7, 11) is 0. The van der Waals surface area contributed by atoms with E-state index in [1.807, 2.05) is 48.5 Å². The molecule has 104 valence electrons. The Labute approximate surface area is 125 Å². The normalized spacial score (nSPS) is 11.8. The lowest BCUT2D eigenvalue weighted by molar-refractivity contribution is 0.526. The largest absolute Gasteiger partial charge is 0.424 e. The van der Waals surface area contributed by atoms with Crippen LogP contribution in [0.25, 0.3) is 38.2 Å². The SMILES string of the molecule is O=c1oc2ccc3ccccc3c2c2cc3ccccc3n12. The second kappa shape index (κ2) is 3.98. The van der Waals surface area contributed by atoms with E-state index in [1.54, 1.807) is 4.40 Å². The fraction of sp³-hybridized carbons (Fsp3) is 0. The van der Waals surface area contributed by atoms with Gasteiger partial charge in [0.15, 0.2) is 0 Å². The van der Waals surface area contributed by atoms with E-state index in [-0.39, 0.29) is 5.76 Å². The second-order valence-electron chi connectivity index (χ2n) is 5.45. The van der Waals surface area contributed by atoms with Gasteiger partial charge in [0.05, 0.1) is 11.0 Å². The Morgan fingerprint density at radius 1 is 0.773 bits per heavy atom. The number of fused-ring (bicyclic) bond motifs is 7. The summed E-state index contributed by atoms with van der Waals surface area (Å²) in [5.74, 6) is -0.348. The van der Waals surface area contributed by atoms with Gasteiger partial charge in [0.25, 0.3) is 0 Å². The number of rotatable bonds is 0. The van der Waals surface area contributed by atoms with E-state index in [0.717, 1.165) is 32.6 Å². The Hall–Kier alpha value is -3.07. The fourth-order valence-corrected chi connectivity index (χ4v) is 3.28. The summed E-state index contributed by atoms with van der Waals surface area (Å²) < 4.78 is 7.21. The molecule has 0 saturated heterocycles. The number of hydrogen-bond acceptors (Lipinski definition) is 2. The number of benzene rings is 3. The molecule has 0 aliphatic carbocycles. The van der Waals surface area contributed by atoms with Crippen LogP contribution in [0.5, 0.6) is 0 Å². The van der Waals surface area contributed by atoms with Crippen LogP contribution in [0.3, 0.4) is 0 Å². The molecule has 5 aromatic rings. The van der Waals surface area contributed by atoms with Crippen LogP contribution in [-0.2, 0) is 0 Å². The van der Waals surface area contributed by atoms with Crippen molar-refractivity contribution >= 4 is 38.2 Å². The Morgan fingerprint density at radius 2 is 1.55 bits per heavy atom. The highest BCUT2D eigenvalue weighted by Crippen LogP contribution is 2.30. The molecule has 2 aromatic heterocycles. The summed E-state index contributed by atoms with van der Waals surface area (Å²) in [5.41, 5.74) is 2.39. The first-order valence-electron chi connectivity index (χ1n) is 7.18. The van der Waals surface area contributed by atoms with Crippen molar-refractivity contribution in [2.24, 2.45) is 0 Å². The molecule has 0 atom stereocenters. The lowest BCUT2D eigenvalue weighted by atomic mass is 10.1. The predicted molar refractivity (Wildman–Crippen MR) is 88.5 cm³/mol. The van der Waals surface area contributed by atoms with E-state index < -0.39 is 0 Å². The standard InChI is InChI=1S/C19H11NO2/c21-19-20-15-8-4-2-6-13(15)11-16(20)18-14-7-3-1-5-12(14)9-10-17(18)22-19/h1-11H. The Morgan fingerprint density at radius 3 is 2.45 bits per heavy atom. The molecule has 2 heterocycles. The van der Waals surface area contributed by atoms with Gasteiger partial charge in [-0.25, -0.2) is 9.20 Å². The van der Waals surface area contributed by atoms with Gasteiger partial charge >= 0.3 is 5.76 Å². The highest BCUT2D eigenvalue weighted by atomic mass is 16.4. The summed E-state index contributed by atoms with van der Waals surface area (Å²) in [6.45, 7) is 0. The van der Waals surface area contributed by atoms with Crippen LogP contribution < -0.4 is 5.76 Å². The lowest BCUT2D eigenvalue weighted by Crippen LogP contribution is -2.10. The predicted octanol–water partition coefficient (Wildman–Crippen LogP) is 4.35. The average molecular weight is 285 g/mol. The number of aromatic nitrogens is 1. The van der Waals surface area contributed by atoms with Gasteiger partial charge in [-0.3, -0.25) is 0 Å². The smallest absolute Gasteiger partial charge is 0.409 e. The molecule has 0 radical (unpaired) electrons. The maximum Gasteiger partial charge on any atom is 0.424 e. The molecule has 0 amide bonds. The van der Waals surface area contributed by atoms with Crippen molar-refractivity contribution < 1.29 is 4.42 Å². The first-order chi connectivity index (χ1) is 10.8. The third kappa shape index (κ3) is 1.37. The van der Waals surface area contributed by atoms with Crippen LogP contribution in [0.2, 0.25) is 0 Å². The zero-order chi connectivity index (χ0) is 14.7. The molecule has 0 N–H and O–H groups in total. The third-order valence-electron chi connectivity index (χ3n) is 4.24. The van der Waals surface area contributed by atoms with Gasteiger partial charge in [-0.2, -0.15) is 0 Å². The van der Waals surface area contributed by atoms with Crippen LogP contribution in [-0.4, -0.2) is 4.40 Å². The third-order valence-corrected chi connectivity index (χ3v) is 4.24. The minimum Gasteiger partial charge on any atom is -0.409 e. The molecule has 5 rings (SSSR count). The molecule has 3 heteroatoms. The van der Waals surface area contributed by atoms with Gasteiger partial charge in [0.1, 0.15) is 5.58 Å². The van der Waals surface area contributed by atoms with Crippen molar-refractivity contribution in [2.45, 2.75) is 0 Å². The maximum absolute atomic E-state index is 12.4. The van der Waals surface area contributed by atoms with Crippen LogP contribution in [0.4, 0.5) is 0 Å². The molecule has 3 nitrogen and oxygen atoms in total. The topological polar surface area (TPSA) is 34.6 Å². The molecule has 0 aliphatic heterocycles. The zero-order valence-corrected chi connectivity index (χ0v) is 11.6. The number of hydrogen-bond donors (Lipinski definition) is 0. The van der Waals surface area contributed by atoms with Gasteiger partial charge in [0, 0.05) is 10.8 Å². The summed E-state index contributed by atoms with van der Waals surface area (Å²) in [4.78, 5) is 12.4. The summed E-state index contributed by atoms with van der Waals surface area (Å²) in [6.07, 6.45) is 0. The second-order valence-corrected chi connectivity index (χ2v) is 5.45. The quantitative estimate of drug-likeness (QED) is 0.396. The number of para-hydroxylation sites is 1. The molecule has 0 bridgehead atoms. The van der Waals surface area contributed by atoms with Crippen LogP contribution in [0, 0.1) is 0 Å². The molecule has 0 saturated carbocycles. The van der Waals surface area contributed by atoms with Crippen molar-refractivity contribution in [3.05, 3.63) is 77.3 Å². The van der Waals surface area contributed by atoms with Crippen molar-refractivity contribution in [3.8, 4) is 0 Å². The maximum atomic E-state index is 12.4. The molecular formula is C19H11NO2. The summed E-state index contributed by atoms with van der Waals surface area (Å²) >= 11 is 0. The van der Waals surface area contributed by atoms with E-state index in [1.165, 1.54) is 0 Å². The van der Waals surface area contributed by atoms with Crippen molar-refractivity contribution in [1.29, 1.82) is 0 Å². The van der Waals surface area contributed by atoms with Gasteiger partial charge in [-0.1, -0.05) is 48.5 Å². The number of nitrogens with zero attached hydrogens (tertiary/aromatic N) is 1. The van der Waals surface area contributed by atoms with Crippen LogP contribution >= 0.6 is 0 Å². The lowest BCUT2D eigenvalue weighted by Gasteiger charge is -2.05. The van der Waals surface area contributed by atoms with E-state index in [0.29, 0.717) is 5.58 Å². The minimum absolute atomic E-state index is 0.348. The molecule has 22 heavy (non-hydrogen) atoms. The Kier molecular flexibility index (Phi) is 2.09. The van der Waals surface area contributed by atoms with Gasteiger partial charge in [-0.15, -0.1) is 0 Å². The monoisotopic (exact) mass is 285 g/mol.